The number of aromatic hydroxyl groups is 1. The highest BCUT2D eigenvalue weighted by molar-refractivity contribution is 7.80. The number of anilines is 1. The van der Waals surface area contributed by atoms with Gasteiger partial charge in [0.05, 0.1) is 16.1 Å². The SMILES string of the molecule is CCc1ccc2oc(-c3ccc(NC(=S)NC(=O)c4ccc(C)cc4Cl)cc3O)nc2c1. The zero-order valence-corrected chi connectivity index (χ0v) is 19.0. The fourth-order valence-corrected chi connectivity index (χ4v) is 3.77. The van der Waals surface area contributed by atoms with Gasteiger partial charge in [0.25, 0.3) is 5.91 Å². The number of hydrogen-bond donors (Lipinski definition) is 3. The van der Waals surface area contributed by atoms with Crippen molar-refractivity contribution in [2.75, 3.05) is 5.32 Å². The number of aryl methyl sites for hydroxylation is 2. The van der Waals surface area contributed by atoms with Crippen molar-refractivity contribution in [1.82, 2.24) is 10.3 Å². The van der Waals surface area contributed by atoms with Crippen molar-refractivity contribution in [2.24, 2.45) is 0 Å². The van der Waals surface area contributed by atoms with Gasteiger partial charge in [-0.15, -0.1) is 0 Å². The third kappa shape index (κ3) is 4.59. The molecule has 162 valence electrons. The minimum absolute atomic E-state index is 0.0343. The lowest BCUT2D eigenvalue weighted by atomic mass is 10.1. The van der Waals surface area contributed by atoms with Crippen LogP contribution in [0, 0.1) is 6.92 Å². The van der Waals surface area contributed by atoms with E-state index < -0.39 is 5.91 Å². The number of fused-ring (bicyclic) bond motifs is 1. The fraction of sp³-hybridized carbons (Fsp3) is 0.125. The number of carbonyl (C=O) groups is 1. The number of oxazole rings is 1. The monoisotopic (exact) mass is 465 g/mol. The Morgan fingerprint density at radius 2 is 1.97 bits per heavy atom. The molecule has 1 aromatic heterocycles. The molecule has 1 amide bonds. The lowest BCUT2D eigenvalue weighted by Crippen LogP contribution is -2.34. The number of phenolic OH excluding ortho intramolecular Hbond substituents is 1. The summed E-state index contributed by atoms with van der Waals surface area (Å²) in [5, 5.41) is 16.4. The quantitative estimate of drug-likeness (QED) is 0.327. The Balaban J connectivity index is 1.48. The number of nitrogens with zero attached hydrogens (tertiary/aromatic N) is 1. The van der Waals surface area contributed by atoms with Crippen LogP contribution in [0.5, 0.6) is 5.75 Å². The van der Waals surface area contributed by atoms with Crippen LogP contribution in [0.2, 0.25) is 5.02 Å². The summed E-state index contributed by atoms with van der Waals surface area (Å²) >= 11 is 11.4. The Bertz CT molecular complexity index is 1350. The van der Waals surface area contributed by atoms with Crippen molar-refractivity contribution >= 4 is 51.6 Å². The van der Waals surface area contributed by atoms with Gasteiger partial charge in [-0.25, -0.2) is 4.98 Å². The molecule has 0 bridgehead atoms. The smallest absolute Gasteiger partial charge is 0.258 e. The molecule has 1 heterocycles. The van der Waals surface area contributed by atoms with Crippen LogP contribution in [0.15, 0.2) is 59.0 Å². The molecule has 32 heavy (non-hydrogen) atoms. The molecule has 0 aliphatic heterocycles. The van der Waals surface area contributed by atoms with Crippen molar-refractivity contribution in [3.05, 3.63) is 76.3 Å². The molecule has 4 aromatic rings. The molecule has 0 fully saturated rings. The minimum atomic E-state index is -0.425. The van der Waals surface area contributed by atoms with Gasteiger partial charge in [-0.1, -0.05) is 30.7 Å². The van der Waals surface area contributed by atoms with Gasteiger partial charge in [0.2, 0.25) is 5.89 Å². The summed E-state index contributed by atoms with van der Waals surface area (Å²) < 4.78 is 5.79. The number of nitrogens with one attached hydrogen (secondary N) is 2. The highest BCUT2D eigenvalue weighted by Crippen LogP contribution is 2.33. The van der Waals surface area contributed by atoms with E-state index in [1.165, 1.54) is 6.07 Å². The summed E-state index contributed by atoms with van der Waals surface area (Å²) in [4.78, 5) is 16.9. The number of hydrogen-bond acceptors (Lipinski definition) is 5. The van der Waals surface area contributed by atoms with E-state index in [0.717, 1.165) is 23.1 Å². The second-order valence-corrected chi connectivity index (χ2v) is 8.11. The predicted octanol–water partition coefficient (Wildman–Crippen LogP) is 5.85. The molecular weight excluding hydrogens is 446 g/mol. The molecule has 3 N–H and O–H groups in total. The van der Waals surface area contributed by atoms with Crippen molar-refractivity contribution in [1.29, 1.82) is 0 Å². The summed E-state index contributed by atoms with van der Waals surface area (Å²) in [5.41, 5.74) is 4.76. The topological polar surface area (TPSA) is 87.4 Å². The molecule has 0 atom stereocenters. The maximum atomic E-state index is 12.4. The summed E-state index contributed by atoms with van der Waals surface area (Å²) in [7, 11) is 0. The predicted molar refractivity (Wildman–Crippen MR) is 130 cm³/mol. The van der Waals surface area contributed by atoms with E-state index in [1.807, 2.05) is 25.1 Å². The van der Waals surface area contributed by atoms with Gasteiger partial charge in [0.1, 0.15) is 11.3 Å². The number of thiocarbonyl (C=S) groups is 1. The zero-order chi connectivity index (χ0) is 22.8. The average Bonchev–Trinajstić information content (AvgIpc) is 3.16. The van der Waals surface area contributed by atoms with Gasteiger partial charge in [-0.2, -0.15) is 0 Å². The molecule has 0 aliphatic rings. The van der Waals surface area contributed by atoms with Crippen LogP contribution >= 0.6 is 23.8 Å². The lowest BCUT2D eigenvalue weighted by molar-refractivity contribution is 0.0978. The van der Waals surface area contributed by atoms with Gasteiger partial charge in [-0.3, -0.25) is 10.1 Å². The van der Waals surface area contributed by atoms with Crippen LogP contribution in [-0.4, -0.2) is 21.1 Å². The molecule has 0 spiro atoms. The summed E-state index contributed by atoms with van der Waals surface area (Å²) in [6, 6.07) is 15.8. The molecule has 0 aliphatic carbocycles. The maximum Gasteiger partial charge on any atom is 0.258 e. The Morgan fingerprint density at radius 3 is 2.69 bits per heavy atom. The first-order valence-electron chi connectivity index (χ1n) is 9.95. The van der Waals surface area contributed by atoms with Crippen molar-refractivity contribution in [3.63, 3.8) is 0 Å². The third-order valence-corrected chi connectivity index (χ3v) is 5.46. The van der Waals surface area contributed by atoms with E-state index in [4.69, 9.17) is 28.2 Å². The van der Waals surface area contributed by atoms with Crippen LogP contribution in [-0.2, 0) is 6.42 Å². The minimum Gasteiger partial charge on any atom is -0.507 e. The Hall–Kier alpha value is -3.42. The van der Waals surface area contributed by atoms with E-state index in [2.05, 4.69) is 22.5 Å². The first kappa shape index (κ1) is 21.8. The number of halogens is 1. The van der Waals surface area contributed by atoms with Crippen molar-refractivity contribution in [3.8, 4) is 17.2 Å². The van der Waals surface area contributed by atoms with Crippen LogP contribution in [0.3, 0.4) is 0 Å². The molecule has 0 saturated heterocycles. The van der Waals surface area contributed by atoms with Crippen LogP contribution < -0.4 is 10.6 Å². The Morgan fingerprint density at radius 1 is 1.16 bits per heavy atom. The number of aromatic nitrogens is 1. The van der Waals surface area contributed by atoms with Gasteiger partial charge >= 0.3 is 0 Å². The second kappa shape index (κ2) is 8.98. The molecule has 8 heteroatoms. The summed E-state index contributed by atoms with van der Waals surface area (Å²) in [6.45, 7) is 3.96. The Kier molecular flexibility index (Phi) is 6.12. The lowest BCUT2D eigenvalue weighted by Gasteiger charge is -2.11. The van der Waals surface area contributed by atoms with E-state index in [9.17, 15) is 9.90 Å². The fourth-order valence-electron chi connectivity index (χ4n) is 3.24. The number of phenols is 1. The third-order valence-electron chi connectivity index (χ3n) is 4.94. The molecule has 0 saturated carbocycles. The summed E-state index contributed by atoms with van der Waals surface area (Å²) in [5.74, 6) is -0.138. The van der Waals surface area contributed by atoms with Crippen molar-refractivity contribution < 1.29 is 14.3 Å². The number of benzene rings is 3. The number of rotatable bonds is 4. The van der Waals surface area contributed by atoms with Gasteiger partial charge in [0, 0.05) is 11.8 Å². The van der Waals surface area contributed by atoms with Gasteiger partial charge in [-0.05, 0) is 73.1 Å². The van der Waals surface area contributed by atoms with Crippen LogP contribution in [0.4, 0.5) is 5.69 Å². The molecule has 6 nitrogen and oxygen atoms in total. The number of carbonyl (C=O) groups excluding carboxylic acids is 1. The normalized spacial score (nSPS) is 10.8. The largest absolute Gasteiger partial charge is 0.507 e. The maximum absolute atomic E-state index is 12.4. The highest BCUT2D eigenvalue weighted by atomic mass is 35.5. The van der Waals surface area contributed by atoms with Crippen LogP contribution in [0.1, 0.15) is 28.4 Å². The first-order chi connectivity index (χ1) is 15.3. The second-order valence-electron chi connectivity index (χ2n) is 7.30. The standard InChI is InChI=1S/C24H20ClN3O3S/c1-3-14-5-9-21-19(11-14)27-23(31-21)17-8-6-15(12-20(17)29)26-24(32)28-22(30)16-7-4-13(2)10-18(16)25/h4-12,29H,3H2,1-2H3,(H2,26,28,30,32). The van der Waals surface area contributed by atoms with E-state index >= 15 is 0 Å². The molecule has 4 rings (SSSR count). The van der Waals surface area contributed by atoms with E-state index in [1.54, 1.807) is 30.3 Å². The van der Waals surface area contributed by atoms with Gasteiger partial charge < -0.3 is 14.8 Å². The molecular formula is C24H20ClN3O3S. The van der Waals surface area contributed by atoms with Crippen LogP contribution in [0.25, 0.3) is 22.6 Å². The highest BCUT2D eigenvalue weighted by Gasteiger charge is 2.15. The summed E-state index contributed by atoms with van der Waals surface area (Å²) in [6.07, 6.45) is 0.899. The van der Waals surface area contributed by atoms with E-state index in [0.29, 0.717) is 33.3 Å². The Labute approximate surface area is 195 Å². The molecule has 3 aromatic carbocycles. The molecule has 0 radical (unpaired) electrons. The average molecular weight is 466 g/mol. The molecule has 0 unspecified atom stereocenters. The zero-order valence-electron chi connectivity index (χ0n) is 17.4. The first-order valence-corrected chi connectivity index (χ1v) is 10.7. The van der Waals surface area contributed by atoms with E-state index in [-0.39, 0.29) is 10.9 Å². The number of amides is 1. The van der Waals surface area contributed by atoms with Crippen molar-refractivity contribution in [2.45, 2.75) is 20.3 Å². The van der Waals surface area contributed by atoms with Gasteiger partial charge in [0.15, 0.2) is 10.7 Å².